The minimum Gasteiger partial charge on any atom is -0.497 e. The van der Waals surface area contributed by atoms with Crippen molar-refractivity contribution in [2.24, 2.45) is 0 Å². The lowest BCUT2D eigenvalue weighted by atomic mass is 10.1. The molecule has 0 amide bonds. The standard InChI is InChI=1S/C20H23N3O4/c1-14-9-16(21-27-14)13-23-7-5-22(6-8-23)12-15-10-20(24)26-19-11-17(25-2)3-4-18(15)19/h3-4,9-11H,5-8,12-13H2,1-2H3. The molecular weight excluding hydrogens is 346 g/mol. The molecular formula is C20H23N3O4. The van der Waals surface area contributed by atoms with Crippen molar-refractivity contribution in [1.29, 1.82) is 0 Å². The van der Waals surface area contributed by atoms with Crippen LogP contribution in [0.4, 0.5) is 0 Å². The fourth-order valence-corrected chi connectivity index (χ4v) is 3.54. The lowest BCUT2D eigenvalue weighted by Crippen LogP contribution is -2.45. The Kier molecular flexibility index (Phi) is 4.96. The summed E-state index contributed by atoms with van der Waals surface area (Å²) in [7, 11) is 1.60. The molecule has 1 aliphatic heterocycles. The van der Waals surface area contributed by atoms with Gasteiger partial charge in [0.25, 0.3) is 0 Å². The van der Waals surface area contributed by atoms with E-state index in [1.165, 1.54) is 0 Å². The van der Waals surface area contributed by atoms with Crippen molar-refractivity contribution >= 4 is 11.0 Å². The first kappa shape index (κ1) is 17.8. The monoisotopic (exact) mass is 369 g/mol. The highest BCUT2D eigenvalue weighted by Crippen LogP contribution is 2.23. The number of ether oxygens (including phenoxy) is 1. The molecule has 0 N–H and O–H groups in total. The predicted octanol–water partition coefficient (Wildman–Crippen LogP) is 2.42. The number of rotatable bonds is 5. The Bertz CT molecular complexity index is 986. The fourth-order valence-electron chi connectivity index (χ4n) is 3.54. The minimum atomic E-state index is -0.328. The van der Waals surface area contributed by atoms with E-state index in [-0.39, 0.29) is 5.63 Å². The fraction of sp³-hybridized carbons (Fsp3) is 0.400. The maximum absolute atomic E-state index is 12.0. The van der Waals surface area contributed by atoms with E-state index >= 15 is 0 Å². The van der Waals surface area contributed by atoms with E-state index in [4.69, 9.17) is 13.7 Å². The molecule has 1 fully saturated rings. The van der Waals surface area contributed by atoms with E-state index in [1.54, 1.807) is 19.2 Å². The second-order valence-electron chi connectivity index (χ2n) is 6.93. The van der Waals surface area contributed by atoms with E-state index in [1.807, 2.05) is 25.1 Å². The van der Waals surface area contributed by atoms with E-state index in [0.29, 0.717) is 11.3 Å². The van der Waals surface area contributed by atoms with Crippen LogP contribution >= 0.6 is 0 Å². The van der Waals surface area contributed by atoms with Gasteiger partial charge in [-0.25, -0.2) is 4.79 Å². The van der Waals surface area contributed by atoms with Crippen LogP contribution in [0.15, 0.2) is 44.1 Å². The van der Waals surface area contributed by atoms with Gasteiger partial charge in [0.15, 0.2) is 0 Å². The summed E-state index contributed by atoms with van der Waals surface area (Å²) in [5.74, 6) is 1.52. The predicted molar refractivity (Wildman–Crippen MR) is 101 cm³/mol. The molecule has 1 saturated heterocycles. The van der Waals surface area contributed by atoms with Crippen LogP contribution < -0.4 is 10.4 Å². The van der Waals surface area contributed by atoms with Crippen molar-refractivity contribution in [3.63, 3.8) is 0 Å². The van der Waals surface area contributed by atoms with Crippen molar-refractivity contribution in [2.45, 2.75) is 20.0 Å². The third-order valence-corrected chi connectivity index (χ3v) is 4.96. The van der Waals surface area contributed by atoms with Gasteiger partial charge >= 0.3 is 5.63 Å². The zero-order valence-corrected chi connectivity index (χ0v) is 15.6. The van der Waals surface area contributed by atoms with E-state index < -0.39 is 0 Å². The van der Waals surface area contributed by atoms with Gasteiger partial charge in [-0.2, -0.15) is 0 Å². The molecule has 7 heteroatoms. The number of piperazine rings is 1. The average molecular weight is 369 g/mol. The van der Waals surface area contributed by atoms with Crippen LogP contribution in [-0.2, 0) is 13.1 Å². The van der Waals surface area contributed by atoms with Gasteiger partial charge in [-0.15, -0.1) is 0 Å². The molecule has 27 heavy (non-hydrogen) atoms. The highest BCUT2D eigenvalue weighted by molar-refractivity contribution is 5.81. The molecule has 3 heterocycles. The van der Waals surface area contributed by atoms with Crippen molar-refractivity contribution in [2.75, 3.05) is 33.3 Å². The average Bonchev–Trinajstić information content (AvgIpc) is 3.07. The second-order valence-corrected chi connectivity index (χ2v) is 6.93. The van der Waals surface area contributed by atoms with Crippen LogP contribution in [0.2, 0.25) is 0 Å². The van der Waals surface area contributed by atoms with Gasteiger partial charge in [0.05, 0.1) is 12.8 Å². The SMILES string of the molecule is COc1ccc2c(CN3CCN(Cc4cc(C)on4)CC3)cc(=O)oc2c1. The number of benzene rings is 1. The Morgan fingerprint density at radius 1 is 1.07 bits per heavy atom. The first-order valence-electron chi connectivity index (χ1n) is 9.08. The van der Waals surface area contributed by atoms with Crippen LogP contribution in [0, 0.1) is 6.92 Å². The number of hydrogen-bond acceptors (Lipinski definition) is 7. The molecule has 0 unspecified atom stereocenters. The molecule has 7 nitrogen and oxygen atoms in total. The normalized spacial score (nSPS) is 16.1. The third-order valence-electron chi connectivity index (χ3n) is 4.96. The Hall–Kier alpha value is -2.64. The van der Waals surface area contributed by atoms with Gasteiger partial charge < -0.3 is 13.7 Å². The molecule has 142 valence electrons. The molecule has 3 aromatic rings. The molecule has 0 atom stereocenters. The first-order chi connectivity index (χ1) is 13.1. The molecule has 0 radical (unpaired) electrons. The molecule has 2 aromatic heterocycles. The Morgan fingerprint density at radius 2 is 1.81 bits per heavy atom. The Morgan fingerprint density at radius 3 is 2.48 bits per heavy atom. The summed E-state index contributed by atoms with van der Waals surface area (Å²) in [5, 5.41) is 5.02. The molecule has 4 rings (SSSR count). The topological polar surface area (TPSA) is 72.0 Å². The van der Waals surface area contributed by atoms with E-state index in [2.05, 4.69) is 15.0 Å². The van der Waals surface area contributed by atoms with Gasteiger partial charge in [-0.05, 0) is 24.6 Å². The lowest BCUT2D eigenvalue weighted by molar-refractivity contribution is 0.120. The largest absolute Gasteiger partial charge is 0.497 e. The molecule has 0 saturated carbocycles. The van der Waals surface area contributed by atoms with Crippen LogP contribution in [0.1, 0.15) is 17.0 Å². The smallest absolute Gasteiger partial charge is 0.336 e. The number of methoxy groups -OCH3 is 1. The maximum Gasteiger partial charge on any atom is 0.336 e. The van der Waals surface area contributed by atoms with Gasteiger partial charge in [0, 0.05) is 62.9 Å². The van der Waals surface area contributed by atoms with Crippen LogP contribution in [0.5, 0.6) is 5.75 Å². The highest BCUT2D eigenvalue weighted by Gasteiger charge is 2.19. The number of hydrogen-bond donors (Lipinski definition) is 0. The summed E-state index contributed by atoms with van der Waals surface area (Å²) in [6, 6.07) is 9.19. The maximum atomic E-state index is 12.0. The van der Waals surface area contributed by atoms with Gasteiger partial charge in [0.1, 0.15) is 17.1 Å². The molecule has 0 aliphatic carbocycles. The zero-order chi connectivity index (χ0) is 18.8. The van der Waals surface area contributed by atoms with Gasteiger partial charge in [-0.3, -0.25) is 9.80 Å². The van der Waals surface area contributed by atoms with Crippen LogP contribution in [0.25, 0.3) is 11.0 Å². The lowest BCUT2D eigenvalue weighted by Gasteiger charge is -2.34. The summed E-state index contributed by atoms with van der Waals surface area (Å²) in [6.07, 6.45) is 0. The zero-order valence-electron chi connectivity index (χ0n) is 15.6. The summed E-state index contributed by atoms with van der Waals surface area (Å²) in [5.41, 5.74) is 2.20. The summed E-state index contributed by atoms with van der Waals surface area (Å²) in [4.78, 5) is 16.7. The quantitative estimate of drug-likeness (QED) is 0.640. The van der Waals surface area contributed by atoms with Crippen molar-refractivity contribution < 1.29 is 13.7 Å². The van der Waals surface area contributed by atoms with E-state index in [9.17, 15) is 4.79 Å². The van der Waals surface area contributed by atoms with Crippen molar-refractivity contribution in [3.8, 4) is 5.75 Å². The van der Waals surface area contributed by atoms with E-state index in [0.717, 1.165) is 61.7 Å². The summed E-state index contributed by atoms with van der Waals surface area (Å²) >= 11 is 0. The second kappa shape index (κ2) is 7.54. The number of aromatic nitrogens is 1. The van der Waals surface area contributed by atoms with Gasteiger partial charge in [0.2, 0.25) is 0 Å². The minimum absolute atomic E-state index is 0.328. The number of fused-ring (bicyclic) bond motifs is 1. The summed E-state index contributed by atoms with van der Waals surface area (Å²) < 4.78 is 15.7. The number of aryl methyl sites for hydroxylation is 1. The van der Waals surface area contributed by atoms with Crippen molar-refractivity contribution in [3.05, 3.63) is 57.8 Å². The van der Waals surface area contributed by atoms with Crippen LogP contribution in [0.3, 0.4) is 0 Å². The highest BCUT2D eigenvalue weighted by atomic mass is 16.5. The molecule has 0 bridgehead atoms. The molecule has 1 aromatic carbocycles. The first-order valence-corrected chi connectivity index (χ1v) is 9.08. The van der Waals surface area contributed by atoms with Crippen LogP contribution in [-0.4, -0.2) is 48.2 Å². The summed E-state index contributed by atoms with van der Waals surface area (Å²) in [6.45, 7) is 7.24. The number of nitrogens with zero attached hydrogens (tertiary/aromatic N) is 3. The molecule has 1 aliphatic rings. The Labute approximate surface area is 157 Å². The van der Waals surface area contributed by atoms with Gasteiger partial charge in [-0.1, -0.05) is 5.16 Å². The Balaban J connectivity index is 1.43. The molecule has 0 spiro atoms. The van der Waals surface area contributed by atoms with Crippen molar-refractivity contribution in [1.82, 2.24) is 15.0 Å². The third kappa shape index (κ3) is 4.04.